The highest BCUT2D eigenvalue weighted by Crippen LogP contribution is 2.04. The van der Waals surface area contributed by atoms with Crippen molar-refractivity contribution < 1.29 is 9.90 Å². The monoisotopic (exact) mass is 190 g/mol. The number of rotatable bonds is 1. The molecule has 14 heavy (non-hydrogen) atoms. The smallest absolute Gasteiger partial charge is 0.217 e. The molecule has 1 rings (SSSR count). The van der Waals surface area contributed by atoms with E-state index in [9.17, 15) is 4.79 Å². The van der Waals surface area contributed by atoms with Crippen LogP contribution in [0.4, 0.5) is 0 Å². The molecule has 0 saturated carbocycles. The van der Waals surface area contributed by atoms with Gasteiger partial charge in [0.1, 0.15) is 11.4 Å². The average molecular weight is 190 g/mol. The first-order chi connectivity index (χ1) is 6.68. The molecule has 0 fully saturated rings. The van der Waals surface area contributed by atoms with Crippen LogP contribution >= 0.6 is 0 Å². The Hall–Kier alpha value is -2.02. The second-order valence-corrected chi connectivity index (χ2v) is 2.61. The van der Waals surface area contributed by atoms with Crippen molar-refractivity contribution in [3.8, 4) is 17.6 Å². The van der Waals surface area contributed by atoms with Crippen molar-refractivity contribution in [2.75, 3.05) is 6.54 Å². The summed E-state index contributed by atoms with van der Waals surface area (Å²) in [5, 5.41) is 11.5. The largest absolute Gasteiger partial charge is 0.506 e. The van der Waals surface area contributed by atoms with Gasteiger partial charge in [-0.15, -0.1) is 0 Å². The maximum absolute atomic E-state index is 10.5. The van der Waals surface area contributed by atoms with Gasteiger partial charge in [-0.1, -0.05) is 5.92 Å². The van der Waals surface area contributed by atoms with Crippen molar-refractivity contribution in [1.82, 2.24) is 10.3 Å². The molecule has 0 atom stereocenters. The molecule has 1 amide bonds. The number of hydrogen-bond acceptors (Lipinski definition) is 3. The van der Waals surface area contributed by atoms with Gasteiger partial charge in [-0.05, 0) is 18.1 Å². The molecule has 0 unspecified atom stereocenters. The van der Waals surface area contributed by atoms with E-state index >= 15 is 0 Å². The first-order valence-corrected chi connectivity index (χ1v) is 4.07. The van der Waals surface area contributed by atoms with Gasteiger partial charge in [0.05, 0.1) is 12.7 Å². The number of carbonyl (C=O) groups excluding carboxylic acids is 1. The number of pyridine rings is 1. The summed E-state index contributed by atoms with van der Waals surface area (Å²) in [6.45, 7) is 1.73. The number of aromatic nitrogens is 1. The van der Waals surface area contributed by atoms with Crippen LogP contribution in [0.15, 0.2) is 18.3 Å². The normalized spacial score (nSPS) is 8.64. The highest BCUT2D eigenvalue weighted by molar-refractivity contribution is 5.73. The van der Waals surface area contributed by atoms with Crippen LogP contribution in [0.2, 0.25) is 0 Å². The first kappa shape index (κ1) is 10.1. The molecule has 1 aromatic heterocycles. The Kier molecular flexibility index (Phi) is 3.50. The molecular formula is C10H10N2O2. The fraction of sp³-hybridized carbons (Fsp3) is 0.200. The lowest BCUT2D eigenvalue weighted by atomic mass is 10.3. The number of carbonyl (C=O) groups is 1. The van der Waals surface area contributed by atoms with Crippen LogP contribution in [0.1, 0.15) is 12.6 Å². The molecule has 72 valence electrons. The van der Waals surface area contributed by atoms with Crippen LogP contribution in [0.25, 0.3) is 0 Å². The lowest BCUT2D eigenvalue weighted by molar-refractivity contribution is -0.118. The zero-order valence-electron chi connectivity index (χ0n) is 7.74. The van der Waals surface area contributed by atoms with Crippen molar-refractivity contribution in [3.05, 3.63) is 24.0 Å². The van der Waals surface area contributed by atoms with Gasteiger partial charge in [0.15, 0.2) is 0 Å². The van der Waals surface area contributed by atoms with Crippen LogP contribution in [-0.4, -0.2) is 22.5 Å². The summed E-state index contributed by atoms with van der Waals surface area (Å²) in [7, 11) is 0. The molecule has 0 saturated heterocycles. The van der Waals surface area contributed by atoms with Gasteiger partial charge < -0.3 is 10.4 Å². The Labute approximate surface area is 82.0 Å². The second-order valence-electron chi connectivity index (χ2n) is 2.61. The van der Waals surface area contributed by atoms with Gasteiger partial charge in [-0.25, -0.2) is 4.98 Å². The van der Waals surface area contributed by atoms with E-state index in [0.717, 1.165) is 0 Å². The van der Waals surface area contributed by atoms with E-state index in [1.54, 1.807) is 6.07 Å². The summed E-state index contributed by atoms with van der Waals surface area (Å²) in [4.78, 5) is 14.3. The average Bonchev–Trinajstić information content (AvgIpc) is 2.15. The molecule has 0 aromatic carbocycles. The van der Waals surface area contributed by atoms with Gasteiger partial charge >= 0.3 is 0 Å². The highest BCUT2D eigenvalue weighted by atomic mass is 16.3. The molecule has 2 N–H and O–H groups in total. The Morgan fingerprint density at radius 3 is 3.00 bits per heavy atom. The van der Waals surface area contributed by atoms with Crippen LogP contribution < -0.4 is 5.32 Å². The Morgan fingerprint density at radius 2 is 2.43 bits per heavy atom. The summed E-state index contributed by atoms with van der Waals surface area (Å²) in [6.07, 6.45) is 1.32. The number of nitrogens with one attached hydrogen (secondary N) is 1. The maximum atomic E-state index is 10.5. The number of amides is 1. The molecule has 4 nitrogen and oxygen atoms in total. The maximum Gasteiger partial charge on any atom is 0.217 e. The molecule has 1 aromatic rings. The fourth-order valence-corrected chi connectivity index (χ4v) is 0.763. The van der Waals surface area contributed by atoms with Gasteiger partial charge in [0, 0.05) is 6.92 Å². The van der Waals surface area contributed by atoms with E-state index in [1.807, 2.05) is 0 Å². The topological polar surface area (TPSA) is 62.2 Å². The zero-order chi connectivity index (χ0) is 10.4. The molecule has 1 heterocycles. The van der Waals surface area contributed by atoms with Gasteiger partial charge in [-0.2, -0.15) is 0 Å². The molecule has 0 aliphatic rings. The van der Waals surface area contributed by atoms with Gasteiger partial charge in [-0.3, -0.25) is 4.79 Å². The second kappa shape index (κ2) is 4.87. The van der Waals surface area contributed by atoms with Crippen LogP contribution in [-0.2, 0) is 4.79 Å². The zero-order valence-corrected chi connectivity index (χ0v) is 7.74. The third-order valence-electron chi connectivity index (χ3n) is 1.39. The van der Waals surface area contributed by atoms with Crippen molar-refractivity contribution in [2.45, 2.75) is 6.92 Å². The lowest BCUT2D eigenvalue weighted by Gasteiger charge is -1.92. The minimum absolute atomic E-state index is 0.109. The van der Waals surface area contributed by atoms with E-state index in [1.165, 1.54) is 19.2 Å². The SMILES string of the molecule is CC(=O)NCC#Cc1ccc(O)cn1. The molecule has 0 spiro atoms. The Balaban J connectivity index is 2.51. The third-order valence-corrected chi connectivity index (χ3v) is 1.39. The molecule has 0 aliphatic heterocycles. The number of nitrogens with zero attached hydrogens (tertiary/aromatic N) is 1. The summed E-state index contributed by atoms with van der Waals surface area (Å²) >= 11 is 0. The standard InChI is InChI=1S/C10H10N2O2/c1-8(13)11-6-2-3-9-4-5-10(14)7-12-9/h4-5,7,14H,6H2,1H3,(H,11,13). The van der Waals surface area contributed by atoms with Crippen molar-refractivity contribution >= 4 is 5.91 Å². The Bertz CT molecular complexity index is 373. The lowest BCUT2D eigenvalue weighted by Crippen LogP contribution is -2.19. The molecule has 0 bridgehead atoms. The van der Waals surface area contributed by atoms with Crippen molar-refractivity contribution in [1.29, 1.82) is 0 Å². The van der Waals surface area contributed by atoms with Gasteiger partial charge in [0.25, 0.3) is 0 Å². The molecular weight excluding hydrogens is 180 g/mol. The highest BCUT2D eigenvalue weighted by Gasteiger charge is 1.88. The van der Waals surface area contributed by atoms with Crippen LogP contribution in [0.3, 0.4) is 0 Å². The van der Waals surface area contributed by atoms with Crippen LogP contribution in [0, 0.1) is 11.8 Å². The third kappa shape index (κ3) is 3.59. The summed E-state index contributed by atoms with van der Waals surface area (Å²) < 4.78 is 0. The summed E-state index contributed by atoms with van der Waals surface area (Å²) in [6, 6.07) is 3.12. The van der Waals surface area contributed by atoms with Crippen LogP contribution in [0.5, 0.6) is 5.75 Å². The Morgan fingerprint density at radius 1 is 1.64 bits per heavy atom. The minimum atomic E-state index is -0.113. The van der Waals surface area contributed by atoms with E-state index in [2.05, 4.69) is 22.1 Å². The van der Waals surface area contributed by atoms with Crippen molar-refractivity contribution in [2.24, 2.45) is 0 Å². The number of aromatic hydroxyl groups is 1. The first-order valence-electron chi connectivity index (χ1n) is 4.07. The summed E-state index contributed by atoms with van der Waals surface area (Å²) in [5.41, 5.74) is 0.563. The molecule has 0 aliphatic carbocycles. The van der Waals surface area contributed by atoms with E-state index in [0.29, 0.717) is 12.2 Å². The predicted octanol–water partition coefficient (Wildman–Crippen LogP) is 0.275. The van der Waals surface area contributed by atoms with E-state index < -0.39 is 0 Å². The van der Waals surface area contributed by atoms with Crippen molar-refractivity contribution in [3.63, 3.8) is 0 Å². The minimum Gasteiger partial charge on any atom is -0.506 e. The quantitative estimate of drug-likeness (QED) is 0.625. The molecule has 0 radical (unpaired) electrons. The predicted molar refractivity (Wildman–Crippen MR) is 51.5 cm³/mol. The van der Waals surface area contributed by atoms with E-state index in [-0.39, 0.29) is 11.7 Å². The van der Waals surface area contributed by atoms with E-state index in [4.69, 9.17) is 5.11 Å². The van der Waals surface area contributed by atoms with Gasteiger partial charge in [0.2, 0.25) is 5.91 Å². The molecule has 4 heteroatoms. The summed E-state index contributed by atoms with van der Waals surface area (Å²) in [5.74, 6) is 5.46. The number of hydrogen-bond donors (Lipinski definition) is 2. The fourth-order valence-electron chi connectivity index (χ4n) is 0.763.